The van der Waals surface area contributed by atoms with Crippen LogP contribution in [-0.2, 0) is 9.53 Å². The standard InChI is InChI=1S/C13H18O3/c1-4-16-12(15)13(2,3)11(14)10-8-6-5-7-9-10/h5-9,11,14H,4H2,1-3H3/t11-/m1/s1. The van der Waals surface area contributed by atoms with Crippen LogP contribution in [0.2, 0.25) is 0 Å². The van der Waals surface area contributed by atoms with Crippen LogP contribution in [0.4, 0.5) is 0 Å². The van der Waals surface area contributed by atoms with Crippen LogP contribution in [0, 0.1) is 5.41 Å². The molecule has 16 heavy (non-hydrogen) atoms. The van der Waals surface area contributed by atoms with Crippen LogP contribution in [0.25, 0.3) is 0 Å². The van der Waals surface area contributed by atoms with Crippen LogP contribution in [0.5, 0.6) is 0 Å². The third-order valence-electron chi connectivity index (χ3n) is 2.60. The van der Waals surface area contributed by atoms with Crippen LogP contribution >= 0.6 is 0 Å². The van der Waals surface area contributed by atoms with E-state index in [1.807, 2.05) is 18.2 Å². The van der Waals surface area contributed by atoms with E-state index < -0.39 is 11.5 Å². The van der Waals surface area contributed by atoms with E-state index in [1.54, 1.807) is 32.9 Å². The van der Waals surface area contributed by atoms with Gasteiger partial charge in [-0.15, -0.1) is 0 Å². The Balaban J connectivity index is 2.87. The summed E-state index contributed by atoms with van der Waals surface area (Å²) < 4.78 is 4.95. The Kier molecular flexibility index (Phi) is 4.07. The Morgan fingerprint density at radius 2 is 1.94 bits per heavy atom. The highest BCUT2D eigenvalue weighted by molar-refractivity contribution is 5.77. The number of benzene rings is 1. The van der Waals surface area contributed by atoms with Crippen LogP contribution < -0.4 is 0 Å². The zero-order valence-electron chi connectivity index (χ0n) is 9.93. The molecular formula is C13H18O3. The van der Waals surface area contributed by atoms with Gasteiger partial charge < -0.3 is 9.84 Å². The van der Waals surface area contributed by atoms with Crippen molar-refractivity contribution in [2.75, 3.05) is 6.61 Å². The van der Waals surface area contributed by atoms with Gasteiger partial charge in [0.15, 0.2) is 0 Å². The number of hydrogen-bond donors (Lipinski definition) is 1. The monoisotopic (exact) mass is 222 g/mol. The van der Waals surface area contributed by atoms with Crippen LogP contribution in [-0.4, -0.2) is 17.7 Å². The van der Waals surface area contributed by atoms with Gasteiger partial charge in [0.25, 0.3) is 0 Å². The quantitative estimate of drug-likeness (QED) is 0.795. The second-order valence-corrected chi connectivity index (χ2v) is 4.26. The molecular weight excluding hydrogens is 204 g/mol. The summed E-state index contributed by atoms with van der Waals surface area (Å²) in [7, 11) is 0. The van der Waals surface area contributed by atoms with Gasteiger partial charge in [-0.2, -0.15) is 0 Å². The summed E-state index contributed by atoms with van der Waals surface area (Å²) in [5.41, 5.74) is -0.210. The number of ether oxygens (including phenoxy) is 1. The molecule has 1 N–H and O–H groups in total. The molecule has 0 saturated carbocycles. The lowest BCUT2D eigenvalue weighted by atomic mass is 9.83. The summed E-state index contributed by atoms with van der Waals surface area (Å²) in [5.74, 6) is -0.383. The van der Waals surface area contributed by atoms with Gasteiger partial charge >= 0.3 is 5.97 Å². The summed E-state index contributed by atoms with van der Waals surface area (Å²) in [6, 6.07) is 9.13. The Morgan fingerprint density at radius 1 is 1.38 bits per heavy atom. The molecule has 3 nitrogen and oxygen atoms in total. The van der Waals surface area contributed by atoms with Crippen molar-refractivity contribution in [3.8, 4) is 0 Å². The van der Waals surface area contributed by atoms with Crippen LogP contribution in [0.15, 0.2) is 30.3 Å². The first-order valence-electron chi connectivity index (χ1n) is 5.40. The van der Waals surface area contributed by atoms with Crippen molar-refractivity contribution in [2.45, 2.75) is 26.9 Å². The van der Waals surface area contributed by atoms with Crippen LogP contribution in [0.1, 0.15) is 32.4 Å². The smallest absolute Gasteiger partial charge is 0.314 e. The predicted octanol–water partition coefficient (Wildman–Crippen LogP) is 2.31. The molecule has 0 amide bonds. The third kappa shape index (κ3) is 2.61. The number of carbonyl (C=O) groups is 1. The third-order valence-corrected chi connectivity index (χ3v) is 2.60. The Labute approximate surface area is 96.1 Å². The summed E-state index contributed by atoms with van der Waals surface area (Å²) in [5, 5.41) is 10.1. The first kappa shape index (κ1) is 12.7. The highest BCUT2D eigenvalue weighted by Gasteiger charge is 2.37. The molecule has 1 aromatic carbocycles. The highest BCUT2D eigenvalue weighted by atomic mass is 16.5. The van der Waals surface area contributed by atoms with Gasteiger partial charge in [0.1, 0.15) is 0 Å². The average Bonchev–Trinajstić information content (AvgIpc) is 2.29. The zero-order chi connectivity index (χ0) is 12.2. The van der Waals surface area contributed by atoms with Gasteiger partial charge in [0.05, 0.1) is 18.1 Å². The van der Waals surface area contributed by atoms with Crippen molar-refractivity contribution in [1.29, 1.82) is 0 Å². The second kappa shape index (κ2) is 5.12. The highest BCUT2D eigenvalue weighted by Crippen LogP contribution is 2.34. The molecule has 0 unspecified atom stereocenters. The summed E-state index contributed by atoms with van der Waals surface area (Å²) in [6.07, 6.45) is -0.854. The molecule has 0 aliphatic heterocycles. The van der Waals surface area contributed by atoms with E-state index in [2.05, 4.69) is 0 Å². The first-order valence-corrected chi connectivity index (χ1v) is 5.40. The molecule has 0 spiro atoms. The fourth-order valence-electron chi connectivity index (χ4n) is 1.48. The van der Waals surface area contributed by atoms with Crippen molar-refractivity contribution >= 4 is 5.97 Å². The topological polar surface area (TPSA) is 46.5 Å². The Bertz CT molecular complexity index is 343. The zero-order valence-corrected chi connectivity index (χ0v) is 9.93. The molecule has 0 aliphatic carbocycles. The number of aliphatic hydroxyl groups is 1. The van der Waals surface area contributed by atoms with Gasteiger partial charge in [-0.3, -0.25) is 4.79 Å². The molecule has 0 aromatic heterocycles. The lowest BCUT2D eigenvalue weighted by Crippen LogP contribution is -2.33. The van der Waals surface area contributed by atoms with E-state index in [-0.39, 0.29) is 5.97 Å². The molecule has 1 rings (SSSR count). The van der Waals surface area contributed by atoms with Crippen molar-refractivity contribution in [3.63, 3.8) is 0 Å². The maximum atomic E-state index is 11.7. The van der Waals surface area contributed by atoms with Gasteiger partial charge in [0.2, 0.25) is 0 Å². The minimum atomic E-state index is -0.933. The van der Waals surface area contributed by atoms with E-state index in [0.717, 1.165) is 5.56 Å². The molecule has 0 radical (unpaired) electrons. The van der Waals surface area contributed by atoms with Crippen molar-refractivity contribution < 1.29 is 14.6 Å². The van der Waals surface area contributed by atoms with Crippen molar-refractivity contribution in [2.24, 2.45) is 5.41 Å². The minimum Gasteiger partial charge on any atom is -0.465 e. The van der Waals surface area contributed by atoms with Crippen molar-refractivity contribution in [1.82, 2.24) is 0 Å². The molecule has 0 saturated heterocycles. The fourth-order valence-corrected chi connectivity index (χ4v) is 1.48. The molecule has 0 bridgehead atoms. The minimum absolute atomic E-state index is 0.323. The molecule has 0 fully saturated rings. The van der Waals surface area contributed by atoms with Crippen LogP contribution in [0.3, 0.4) is 0 Å². The van der Waals surface area contributed by atoms with E-state index >= 15 is 0 Å². The van der Waals surface area contributed by atoms with Gasteiger partial charge in [-0.05, 0) is 26.3 Å². The lowest BCUT2D eigenvalue weighted by molar-refractivity contribution is -0.160. The number of hydrogen-bond acceptors (Lipinski definition) is 3. The largest absolute Gasteiger partial charge is 0.465 e. The summed E-state index contributed by atoms with van der Waals surface area (Å²) in [6.45, 7) is 5.44. The molecule has 1 atom stereocenters. The summed E-state index contributed by atoms with van der Waals surface area (Å²) >= 11 is 0. The molecule has 0 heterocycles. The molecule has 0 aliphatic rings. The average molecular weight is 222 g/mol. The number of carbonyl (C=O) groups excluding carboxylic acids is 1. The number of rotatable bonds is 4. The SMILES string of the molecule is CCOC(=O)C(C)(C)[C@H](O)c1ccccc1. The fraction of sp³-hybridized carbons (Fsp3) is 0.462. The van der Waals surface area contributed by atoms with Gasteiger partial charge in [0, 0.05) is 0 Å². The van der Waals surface area contributed by atoms with E-state index in [9.17, 15) is 9.90 Å². The lowest BCUT2D eigenvalue weighted by Gasteiger charge is -2.28. The first-order chi connectivity index (χ1) is 7.50. The normalized spacial score (nSPS) is 13.2. The number of aliphatic hydroxyl groups excluding tert-OH is 1. The van der Waals surface area contributed by atoms with E-state index in [1.165, 1.54) is 0 Å². The van der Waals surface area contributed by atoms with Gasteiger partial charge in [-0.25, -0.2) is 0 Å². The molecule has 1 aromatic rings. The summed E-state index contributed by atoms with van der Waals surface area (Å²) in [4.78, 5) is 11.7. The van der Waals surface area contributed by atoms with Crippen molar-refractivity contribution in [3.05, 3.63) is 35.9 Å². The maximum Gasteiger partial charge on any atom is 0.314 e. The Morgan fingerprint density at radius 3 is 2.44 bits per heavy atom. The second-order valence-electron chi connectivity index (χ2n) is 4.26. The van der Waals surface area contributed by atoms with E-state index in [0.29, 0.717) is 6.61 Å². The molecule has 88 valence electrons. The Hall–Kier alpha value is -1.35. The maximum absolute atomic E-state index is 11.7. The molecule has 3 heteroatoms. The van der Waals surface area contributed by atoms with Gasteiger partial charge in [-0.1, -0.05) is 30.3 Å². The number of esters is 1. The predicted molar refractivity (Wildman–Crippen MR) is 61.8 cm³/mol. The van der Waals surface area contributed by atoms with E-state index in [4.69, 9.17) is 4.74 Å².